The summed E-state index contributed by atoms with van der Waals surface area (Å²) in [5, 5.41) is 3.27. The van der Waals surface area contributed by atoms with Gasteiger partial charge in [0.05, 0.1) is 22.2 Å². The van der Waals surface area contributed by atoms with E-state index in [1.165, 1.54) is 21.3 Å². The predicted octanol–water partition coefficient (Wildman–Crippen LogP) is 15.4. The van der Waals surface area contributed by atoms with E-state index in [0.29, 0.717) is 10.9 Å². The Balaban J connectivity index is 1.15. The molecule has 0 unspecified atom stereocenters. The Bertz CT molecular complexity index is 4130. The summed E-state index contributed by atoms with van der Waals surface area (Å²) in [6.07, 6.45) is 0. The van der Waals surface area contributed by atoms with E-state index in [0.717, 1.165) is 93.8 Å². The summed E-state index contributed by atoms with van der Waals surface area (Å²) in [6.45, 7) is -0.165. The Morgan fingerprint density at radius 2 is 1.01 bits per heavy atom. The molecule has 0 radical (unpaired) electrons. The van der Waals surface area contributed by atoms with Crippen LogP contribution in [0.1, 0.15) is 5.48 Å². The number of anilines is 3. The van der Waals surface area contributed by atoms with E-state index in [1.54, 1.807) is 11.8 Å². The second-order valence-electron chi connectivity index (χ2n) is 17.7. The van der Waals surface area contributed by atoms with E-state index in [1.807, 2.05) is 12.1 Å². The maximum Gasteiger partial charge on any atom is 0.249 e. The van der Waals surface area contributed by atoms with Gasteiger partial charge >= 0.3 is 0 Å². The zero-order valence-corrected chi connectivity index (χ0v) is 37.6. The highest BCUT2D eigenvalue weighted by Crippen LogP contribution is 2.50. The molecule has 2 aliphatic heterocycles. The van der Waals surface area contributed by atoms with Crippen LogP contribution in [0.4, 0.5) is 17.1 Å². The highest BCUT2D eigenvalue weighted by molar-refractivity contribution is 8.00. The Kier molecular flexibility index (Phi) is 8.05. The van der Waals surface area contributed by atoms with Gasteiger partial charge in [-0.05, 0) is 91.5 Å². The summed E-state index contributed by atoms with van der Waals surface area (Å²) in [4.78, 5) is 4.76. The van der Waals surface area contributed by atoms with Crippen molar-refractivity contribution >= 4 is 84.5 Å². The molecule has 0 fully saturated rings. The molecule has 14 rings (SSSR count). The maximum absolute atomic E-state index is 9.66. The Morgan fingerprint density at radius 1 is 0.412 bits per heavy atom. The molecule has 3 heterocycles. The van der Waals surface area contributed by atoms with Crippen molar-refractivity contribution in [3.63, 3.8) is 0 Å². The largest absolute Gasteiger partial charge is 0.310 e. The molecule has 0 spiro atoms. The molecule has 12 aromatic rings. The first-order valence-corrected chi connectivity index (χ1v) is 23.9. The van der Waals surface area contributed by atoms with Gasteiger partial charge in [0.25, 0.3) is 0 Å². The van der Waals surface area contributed by atoms with E-state index in [9.17, 15) is 2.74 Å². The van der Waals surface area contributed by atoms with Crippen LogP contribution in [-0.4, -0.2) is 11.3 Å². The number of nitrogens with zero attached hydrogens (tertiary/aromatic N) is 2. The van der Waals surface area contributed by atoms with Crippen molar-refractivity contribution < 1.29 is 5.48 Å². The van der Waals surface area contributed by atoms with Crippen LogP contribution < -0.4 is 21.3 Å². The van der Waals surface area contributed by atoms with Crippen molar-refractivity contribution in [3.8, 4) is 50.2 Å². The molecule has 0 N–H and O–H groups in total. The van der Waals surface area contributed by atoms with E-state index in [-0.39, 0.29) is 30.9 Å². The fourth-order valence-electron chi connectivity index (χ4n) is 11.0. The van der Waals surface area contributed by atoms with Crippen molar-refractivity contribution in [1.82, 2.24) is 4.57 Å². The van der Waals surface area contributed by atoms with Crippen LogP contribution >= 0.6 is 11.8 Å². The van der Waals surface area contributed by atoms with Crippen LogP contribution in [0.3, 0.4) is 0 Å². The third-order valence-corrected chi connectivity index (χ3v) is 15.1. The van der Waals surface area contributed by atoms with Gasteiger partial charge in [-0.15, -0.1) is 0 Å². The molecule has 68 heavy (non-hydrogen) atoms. The van der Waals surface area contributed by atoms with Gasteiger partial charge in [-0.3, -0.25) is 0 Å². The molecule has 316 valence electrons. The first-order chi connectivity index (χ1) is 35.4. The Morgan fingerprint density at radius 3 is 1.71 bits per heavy atom. The summed E-state index contributed by atoms with van der Waals surface area (Å²) in [6, 6.07) is 79.5. The second-order valence-corrected chi connectivity index (χ2v) is 18.8. The second kappa shape index (κ2) is 15.7. The summed E-state index contributed by atoms with van der Waals surface area (Å²) < 4.78 is 39.3. The molecule has 4 heteroatoms. The first kappa shape index (κ1) is 35.0. The molecule has 0 atom stereocenters. The van der Waals surface area contributed by atoms with Gasteiger partial charge in [-0.25, -0.2) is 0 Å². The quantitative estimate of drug-likeness (QED) is 0.154. The molecule has 0 bridgehead atoms. The lowest BCUT2D eigenvalue weighted by atomic mass is 9.34. The number of rotatable bonds is 6. The fraction of sp³-hybridized carbons (Fsp3) is 0. The third kappa shape index (κ3) is 6.08. The van der Waals surface area contributed by atoms with Gasteiger partial charge in [0.1, 0.15) is 0 Å². The zero-order valence-electron chi connectivity index (χ0n) is 40.7. The molecular weight excluding hydrogens is 840 g/mol. The number of hydrogen-bond acceptors (Lipinski definition) is 2. The van der Waals surface area contributed by atoms with E-state index >= 15 is 0 Å². The van der Waals surface area contributed by atoms with Crippen LogP contribution in [0.15, 0.2) is 258 Å². The predicted molar refractivity (Wildman–Crippen MR) is 290 cm³/mol. The van der Waals surface area contributed by atoms with Gasteiger partial charge < -0.3 is 9.47 Å². The number of fused-ring (bicyclic) bond motifs is 9. The highest BCUT2D eigenvalue weighted by atomic mass is 32.2. The Hall–Kier alpha value is -8.31. The topological polar surface area (TPSA) is 8.17 Å². The molecule has 11 aromatic carbocycles. The smallest absolute Gasteiger partial charge is 0.249 e. The lowest BCUT2D eigenvalue weighted by Gasteiger charge is -2.42. The van der Waals surface area contributed by atoms with Gasteiger partial charge in [-0.1, -0.05) is 229 Å². The first-order valence-electron chi connectivity index (χ1n) is 25.1. The molecular formula is C64H41BN2S. The molecule has 0 amide bonds. The number of hydrogen-bond donors (Lipinski definition) is 0. The summed E-state index contributed by atoms with van der Waals surface area (Å²) in [5.74, 6) is 0. The minimum absolute atomic E-state index is 0.0444. The average molecular weight is 885 g/mol. The minimum atomic E-state index is -0.258. The Labute approximate surface area is 406 Å². The standard InChI is InChI=1S/C64H41BN2S/c1-5-18-42(19-6-1)47-33-35-57-54(38-47)65-55-39-48(43-20-7-2-8-21-43)34-37-60(55)68-61-41-49(66-56-31-16-15-28-53(56)62-50-27-14-13-26-46(50)32-36-58(62)66)40-59(63(61)65)67(57)64-51(44-22-9-3-10-23-44)29-17-30-52(64)45-24-11-4-12-25-45/h1-41H/i15D,16D,28D,31D. The normalized spacial score (nSPS) is 13.4. The highest BCUT2D eigenvalue weighted by Gasteiger charge is 2.43. The maximum atomic E-state index is 9.66. The van der Waals surface area contributed by atoms with Crippen LogP contribution in [0, 0.1) is 0 Å². The lowest BCUT2D eigenvalue weighted by Crippen LogP contribution is -2.60. The molecule has 2 aliphatic rings. The fourth-order valence-corrected chi connectivity index (χ4v) is 12.1. The molecule has 1 aromatic heterocycles. The lowest BCUT2D eigenvalue weighted by molar-refractivity contribution is 1.15. The van der Waals surface area contributed by atoms with Crippen LogP contribution in [-0.2, 0) is 0 Å². The number of aromatic nitrogens is 1. The van der Waals surface area contributed by atoms with Crippen LogP contribution in [0.5, 0.6) is 0 Å². The van der Waals surface area contributed by atoms with Crippen molar-refractivity contribution in [2.24, 2.45) is 0 Å². The van der Waals surface area contributed by atoms with Gasteiger partial charge in [-0.2, -0.15) is 0 Å². The van der Waals surface area contributed by atoms with Crippen molar-refractivity contribution in [3.05, 3.63) is 249 Å². The van der Waals surface area contributed by atoms with Crippen molar-refractivity contribution in [2.45, 2.75) is 9.79 Å². The van der Waals surface area contributed by atoms with Crippen LogP contribution in [0.25, 0.3) is 82.8 Å². The van der Waals surface area contributed by atoms with Crippen molar-refractivity contribution in [1.29, 1.82) is 0 Å². The van der Waals surface area contributed by atoms with Gasteiger partial charge in [0.15, 0.2) is 0 Å². The summed E-state index contributed by atoms with van der Waals surface area (Å²) >= 11 is 1.77. The monoisotopic (exact) mass is 884 g/mol. The zero-order chi connectivity index (χ0) is 48.2. The minimum Gasteiger partial charge on any atom is -0.310 e. The van der Waals surface area contributed by atoms with E-state index in [4.69, 9.17) is 2.74 Å². The molecule has 0 saturated carbocycles. The third-order valence-electron chi connectivity index (χ3n) is 13.9. The molecule has 0 aliphatic carbocycles. The van der Waals surface area contributed by atoms with E-state index in [2.05, 4.69) is 222 Å². The van der Waals surface area contributed by atoms with Gasteiger partial charge in [0.2, 0.25) is 6.71 Å². The number of benzene rings is 11. The van der Waals surface area contributed by atoms with E-state index < -0.39 is 0 Å². The summed E-state index contributed by atoms with van der Waals surface area (Å²) in [5.41, 5.74) is 17.8. The van der Waals surface area contributed by atoms with Crippen molar-refractivity contribution in [2.75, 3.05) is 4.90 Å². The SMILES string of the molecule is [2H]c1c([2H])c([2H])c2c(c1[2H])c1c3ccccc3ccc1n2-c1cc2c3c(c1)N(c1c(-c4ccccc4)cccc1-c1ccccc1)c1ccc(-c4ccccc4)cc1B3c1cc(-c3ccccc3)ccc1S2. The number of para-hydroxylation sites is 2. The van der Waals surface area contributed by atoms with Gasteiger partial charge in [0, 0.05) is 48.8 Å². The summed E-state index contributed by atoms with van der Waals surface area (Å²) in [7, 11) is 0. The van der Waals surface area contributed by atoms with Crippen LogP contribution in [0.2, 0.25) is 0 Å². The molecule has 2 nitrogen and oxygen atoms in total. The molecule has 0 saturated heterocycles. The average Bonchev–Trinajstić information content (AvgIpc) is 3.81.